The Balaban J connectivity index is 0.000000807. The fourth-order valence-corrected chi connectivity index (χ4v) is 4.88. The lowest BCUT2D eigenvalue weighted by Gasteiger charge is -2.25. The topological polar surface area (TPSA) is 15.3 Å². The molecular weight excluding hydrogens is 350 g/mol. The minimum absolute atomic E-state index is 0. The van der Waals surface area contributed by atoms with E-state index in [4.69, 9.17) is 23.2 Å². The van der Waals surface area contributed by atoms with Gasteiger partial charge in [0.2, 0.25) is 0 Å². The van der Waals surface area contributed by atoms with E-state index in [1.807, 2.05) is 12.1 Å². The predicted octanol–water partition coefficient (Wildman–Crippen LogP) is 4.02. The second-order valence-corrected chi connectivity index (χ2v) is 6.87. The monoisotopic (exact) mass is 368 g/mol. The van der Waals surface area contributed by atoms with E-state index >= 15 is 0 Å². The molecule has 3 saturated heterocycles. The predicted molar refractivity (Wildman–Crippen MR) is 93.2 cm³/mol. The number of nitrogens with zero attached hydrogens (tertiary/aromatic N) is 1. The first kappa shape index (κ1) is 17.7. The van der Waals surface area contributed by atoms with Crippen LogP contribution in [-0.4, -0.2) is 30.1 Å². The Kier molecular flexibility index (Phi) is 5.73. The van der Waals surface area contributed by atoms with Crippen molar-refractivity contribution < 1.29 is 0 Å². The molecular formula is C15H20Cl4N2. The summed E-state index contributed by atoms with van der Waals surface area (Å²) < 4.78 is 0. The van der Waals surface area contributed by atoms with E-state index in [-0.39, 0.29) is 24.8 Å². The second-order valence-electron chi connectivity index (χ2n) is 6.08. The highest BCUT2D eigenvalue weighted by Crippen LogP contribution is 2.48. The molecule has 2 nitrogen and oxygen atoms in total. The van der Waals surface area contributed by atoms with Crippen molar-refractivity contribution in [1.29, 1.82) is 0 Å². The maximum Gasteiger partial charge on any atom is 0.0637 e. The van der Waals surface area contributed by atoms with E-state index in [9.17, 15) is 0 Å². The molecule has 0 aliphatic carbocycles. The fraction of sp³-hybridized carbons (Fsp3) is 0.600. The summed E-state index contributed by atoms with van der Waals surface area (Å²) in [4.78, 5) is 2.69. The largest absolute Gasteiger partial charge is 0.316 e. The SMILES string of the molecule is Cl.Cl.Clc1cccc(CN2[C@@H]3CC[C@H]2[C@H]2CNC[C@H]23)c1Cl. The van der Waals surface area contributed by atoms with Crippen molar-refractivity contribution in [2.24, 2.45) is 11.8 Å². The molecule has 3 aliphatic rings. The zero-order valence-corrected chi connectivity index (χ0v) is 14.7. The minimum Gasteiger partial charge on any atom is -0.316 e. The fourth-order valence-electron chi connectivity index (χ4n) is 4.50. The molecule has 0 radical (unpaired) electrons. The molecule has 2 bridgehead atoms. The third-order valence-electron chi connectivity index (χ3n) is 5.29. The van der Waals surface area contributed by atoms with E-state index in [1.54, 1.807) is 0 Å². The molecule has 4 rings (SSSR count). The van der Waals surface area contributed by atoms with Crippen molar-refractivity contribution >= 4 is 48.0 Å². The quantitative estimate of drug-likeness (QED) is 0.846. The van der Waals surface area contributed by atoms with Crippen LogP contribution in [0, 0.1) is 11.8 Å². The van der Waals surface area contributed by atoms with Gasteiger partial charge in [0.05, 0.1) is 10.0 Å². The Bertz CT molecular complexity index is 492. The zero-order chi connectivity index (χ0) is 13.0. The van der Waals surface area contributed by atoms with Gasteiger partial charge >= 0.3 is 0 Å². The van der Waals surface area contributed by atoms with Crippen LogP contribution in [0.25, 0.3) is 0 Å². The molecule has 0 unspecified atom stereocenters. The van der Waals surface area contributed by atoms with Gasteiger partial charge in [-0.2, -0.15) is 0 Å². The normalized spacial score (nSPS) is 33.4. The molecule has 3 heterocycles. The van der Waals surface area contributed by atoms with E-state index in [2.05, 4.69) is 16.3 Å². The van der Waals surface area contributed by atoms with Crippen LogP contribution in [0.5, 0.6) is 0 Å². The summed E-state index contributed by atoms with van der Waals surface area (Å²) in [5.41, 5.74) is 1.18. The summed E-state index contributed by atoms with van der Waals surface area (Å²) in [6, 6.07) is 7.48. The standard InChI is InChI=1S/C15H18Cl2N2.2ClH/c16-12-3-1-2-9(15(12)17)8-19-13-4-5-14(19)11-7-18-6-10(11)13;;/h1-3,10-11,13-14,18H,4-8H2;2*1H/t10-,11+,13-,14+;;. The van der Waals surface area contributed by atoms with Crippen molar-refractivity contribution in [3.05, 3.63) is 33.8 Å². The van der Waals surface area contributed by atoms with Crippen molar-refractivity contribution in [3.8, 4) is 0 Å². The van der Waals surface area contributed by atoms with Crippen LogP contribution >= 0.6 is 48.0 Å². The van der Waals surface area contributed by atoms with Crippen molar-refractivity contribution in [1.82, 2.24) is 10.2 Å². The average Bonchev–Trinajstić information content (AvgIpc) is 3.06. The van der Waals surface area contributed by atoms with Gasteiger partial charge in [-0.05, 0) is 49.4 Å². The van der Waals surface area contributed by atoms with Crippen LogP contribution in [0.2, 0.25) is 10.0 Å². The summed E-state index contributed by atoms with van der Waals surface area (Å²) >= 11 is 12.5. The first-order valence-electron chi connectivity index (χ1n) is 7.15. The maximum absolute atomic E-state index is 6.34. The molecule has 1 aromatic carbocycles. The number of hydrogen-bond donors (Lipinski definition) is 1. The molecule has 3 fully saturated rings. The van der Waals surface area contributed by atoms with Crippen LogP contribution in [0.1, 0.15) is 18.4 Å². The second kappa shape index (κ2) is 6.82. The maximum atomic E-state index is 6.34. The van der Waals surface area contributed by atoms with E-state index < -0.39 is 0 Å². The Labute approximate surface area is 148 Å². The molecule has 118 valence electrons. The van der Waals surface area contributed by atoms with Crippen LogP contribution in [0.3, 0.4) is 0 Å². The molecule has 0 aromatic heterocycles. The molecule has 21 heavy (non-hydrogen) atoms. The van der Waals surface area contributed by atoms with Gasteiger partial charge in [0.25, 0.3) is 0 Å². The lowest BCUT2D eigenvalue weighted by Crippen LogP contribution is -2.33. The highest BCUT2D eigenvalue weighted by Gasteiger charge is 2.54. The Morgan fingerprint density at radius 2 is 1.67 bits per heavy atom. The van der Waals surface area contributed by atoms with Gasteiger partial charge in [-0.3, -0.25) is 4.90 Å². The Hall–Kier alpha value is 0.300. The van der Waals surface area contributed by atoms with Crippen molar-refractivity contribution in [2.45, 2.75) is 31.5 Å². The van der Waals surface area contributed by atoms with Gasteiger partial charge < -0.3 is 5.32 Å². The van der Waals surface area contributed by atoms with Crippen LogP contribution in [0.15, 0.2) is 18.2 Å². The number of hydrogen-bond acceptors (Lipinski definition) is 2. The average molecular weight is 370 g/mol. The number of halogens is 4. The van der Waals surface area contributed by atoms with Gasteiger partial charge in [-0.1, -0.05) is 35.3 Å². The van der Waals surface area contributed by atoms with Gasteiger partial charge in [0.1, 0.15) is 0 Å². The lowest BCUT2D eigenvalue weighted by atomic mass is 9.82. The van der Waals surface area contributed by atoms with E-state index in [1.165, 1.54) is 31.5 Å². The molecule has 3 aliphatic heterocycles. The molecule has 1 N–H and O–H groups in total. The highest BCUT2D eigenvalue weighted by atomic mass is 35.5. The van der Waals surface area contributed by atoms with Gasteiger partial charge in [0.15, 0.2) is 0 Å². The smallest absolute Gasteiger partial charge is 0.0637 e. The molecule has 4 atom stereocenters. The summed E-state index contributed by atoms with van der Waals surface area (Å²) in [5, 5.41) is 4.96. The highest BCUT2D eigenvalue weighted by molar-refractivity contribution is 6.42. The number of rotatable bonds is 2. The molecule has 0 spiro atoms. The van der Waals surface area contributed by atoms with Crippen molar-refractivity contribution in [2.75, 3.05) is 13.1 Å². The summed E-state index contributed by atoms with van der Waals surface area (Å²) in [7, 11) is 0. The molecule has 0 amide bonds. The lowest BCUT2D eigenvalue weighted by molar-refractivity contribution is 0.218. The van der Waals surface area contributed by atoms with Crippen LogP contribution < -0.4 is 5.32 Å². The summed E-state index contributed by atoms with van der Waals surface area (Å²) in [6.07, 6.45) is 2.71. The number of fused-ring (bicyclic) bond motifs is 5. The third kappa shape index (κ3) is 2.80. The molecule has 0 saturated carbocycles. The van der Waals surface area contributed by atoms with Crippen LogP contribution in [-0.2, 0) is 6.54 Å². The Morgan fingerprint density at radius 3 is 2.29 bits per heavy atom. The first-order valence-corrected chi connectivity index (χ1v) is 7.90. The molecule has 1 aromatic rings. The molecule has 6 heteroatoms. The Morgan fingerprint density at radius 1 is 1.05 bits per heavy atom. The van der Waals surface area contributed by atoms with Gasteiger partial charge in [-0.15, -0.1) is 24.8 Å². The number of benzene rings is 1. The minimum atomic E-state index is 0. The van der Waals surface area contributed by atoms with Crippen LogP contribution in [0.4, 0.5) is 0 Å². The van der Waals surface area contributed by atoms with E-state index in [0.29, 0.717) is 5.02 Å². The van der Waals surface area contributed by atoms with E-state index in [0.717, 1.165) is 35.5 Å². The van der Waals surface area contributed by atoms with Gasteiger partial charge in [0, 0.05) is 18.6 Å². The first-order chi connectivity index (χ1) is 9.25. The summed E-state index contributed by atoms with van der Waals surface area (Å²) in [5.74, 6) is 1.72. The third-order valence-corrected chi connectivity index (χ3v) is 6.15. The zero-order valence-electron chi connectivity index (χ0n) is 11.6. The summed E-state index contributed by atoms with van der Waals surface area (Å²) in [6.45, 7) is 3.36. The van der Waals surface area contributed by atoms with Gasteiger partial charge in [-0.25, -0.2) is 0 Å². The number of nitrogens with one attached hydrogen (secondary N) is 1. The van der Waals surface area contributed by atoms with Crippen molar-refractivity contribution in [3.63, 3.8) is 0 Å².